The van der Waals surface area contributed by atoms with Crippen LogP contribution in [0, 0.1) is 34.9 Å². The van der Waals surface area contributed by atoms with Gasteiger partial charge in [-0.1, -0.05) is 18.8 Å². The number of ether oxygens (including phenoxy) is 2. The summed E-state index contributed by atoms with van der Waals surface area (Å²) >= 11 is 0. The highest BCUT2D eigenvalue weighted by molar-refractivity contribution is 5.42. The molecule has 3 unspecified atom stereocenters. The molecule has 0 aromatic heterocycles. The van der Waals surface area contributed by atoms with Crippen molar-refractivity contribution in [2.45, 2.75) is 63.4 Å². The second-order valence-electron chi connectivity index (χ2n) is 9.37. The highest BCUT2D eigenvalue weighted by atomic mass is 19.1. The molecule has 0 radical (unpaired) electrons. The van der Waals surface area contributed by atoms with E-state index in [9.17, 15) is 9.50 Å². The molecule has 1 aromatic rings. The topological polar surface area (TPSA) is 58.9 Å². The molecule has 0 aliphatic heterocycles. The van der Waals surface area contributed by atoms with Crippen LogP contribution in [0.4, 0.5) is 4.39 Å². The first-order valence-electron chi connectivity index (χ1n) is 11.2. The van der Waals surface area contributed by atoms with Gasteiger partial charge < -0.3 is 19.7 Å². The van der Waals surface area contributed by atoms with Crippen molar-refractivity contribution in [3.8, 4) is 17.6 Å². The maximum atomic E-state index is 14.8. The summed E-state index contributed by atoms with van der Waals surface area (Å²) in [6, 6.07) is 3.58. The van der Waals surface area contributed by atoms with Crippen molar-refractivity contribution < 1.29 is 24.1 Å². The smallest absolute Gasteiger partial charge is 0.165 e. The lowest BCUT2D eigenvalue weighted by atomic mass is 9.53. The third-order valence-corrected chi connectivity index (χ3v) is 8.01. The van der Waals surface area contributed by atoms with Crippen molar-refractivity contribution in [2.24, 2.45) is 17.3 Å². The van der Waals surface area contributed by atoms with Gasteiger partial charge in [0.2, 0.25) is 0 Å². The van der Waals surface area contributed by atoms with Crippen LogP contribution in [0.25, 0.3) is 0 Å². The van der Waals surface area contributed by atoms with Crippen LogP contribution in [0.15, 0.2) is 12.1 Å². The third kappa shape index (κ3) is 3.53. The standard InChI is InChI=1S/C25H33FO4/c1-24-10-7-18-19(21(24)8-11-25(24,28)9-3-4-12-27)6-5-17-15-23(30-14-13-29-2)22(26)16-20(17)18/h15-16,18-19,21,27-28H,4-8,10-14H2,1-2H3/t18?,19?,21?,24-,25-/m0/s1. The number of aryl methyl sites for hydroxylation is 1. The van der Waals surface area contributed by atoms with Crippen LogP contribution in [0.2, 0.25) is 0 Å². The van der Waals surface area contributed by atoms with Gasteiger partial charge in [0.15, 0.2) is 11.6 Å². The Hall–Kier alpha value is -1.61. The maximum Gasteiger partial charge on any atom is 0.165 e. The van der Waals surface area contributed by atoms with Crippen LogP contribution in [-0.4, -0.2) is 42.7 Å². The van der Waals surface area contributed by atoms with Gasteiger partial charge in [0, 0.05) is 18.9 Å². The maximum absolute atomic E-state index is 14.8. The van der Waals surface area contributed by atoms with Crippen LogP contribution in [0.5, 0.6) is 5.75 Å². The van der Waals surface area contributed by atoms with Crippen LogP contribution >= 0.6 is 0 Å². The van der Waals surface area contributed by atoms with E-state index in [0.717, 1.165) is 37.7 Å². The van der Waals surface area contributed by atoms with E-state index >= 15 is 0 Å². The Morgan fingerprint density at radius 3 is 2.80 bits per heavy atom. The zero-order chi connectivity index (χ0) is 21.4. The van der Waals surface area contributed by atoms with Gasteiger partial charge in [0.1, 0.15) is 12.2 Å². The second kappa shape index (κ2) is 8.49. The van der Waals surface area contributed by atoms with E-state index in [4.69, 9.17) is 14.6 Å². The van der Waals surface area contributed by atoms with Crippen LogP contribution in [0.3, 0.4) is 0 Å². The first-order chi connectivity index (χ1) is 14.4. The molecule has 0 amide bonds. The van der Waals surface area contributed by atoms with E-state index in [1.54, 1.807) is 13.2 Å². The summed E-state index contributed by atoms with van der Waals surface area (Å²) in [4.78, 5) is 0. The average molecular weight is 417 g/mol. The number of rotatable bonds is 5. The van der Waals surface area contributed by atoms with E-state index in [1.165, 1.54) is 5.56 Å². The van der Waals surface area contributed by atoms with Gasteiger partial charge in [-0.2, -0.15) is 0 Å². The minimum absolute atomic E-state index is 0.0213. The van der Waals surface area contributed by atoms with Crippen molar-refractivity contribution in [1.29, 1.82) is 0 Å². The van der Waals surface area contributed by atoms with E-state index in [1.807, 2.05) is 6.07 Å². The average Bonchev–Trinajstić information content (AvgIpc) is 3.00. The molecule has 0 spiro atoms. The molecule has 2 N–H and O–H groups in total. The molecule has 0 heterocycles. The largest absolute Gasteiger partial charge is 0.488 e. The zero-order valence-electron chi connectivity index (χ0n) is 18.0. The summed E-state index contributed by atoms with van der Waals surface area (Å²) in [5.41, 5.74) is 1.11. The molecular weight excluding hydrogens is 383 g/mol. The summed E-state index contributed by atoms with van der Waals surface area (Å²) in [6.07, 6.45) is 5.84. The molecule has 1 aromatic carbocycles. The molecule has 5 atom stereocenters. The lowest BCUT2D eigenvalue weighted by Crippen LogP contribution is -2.50. The Bertz CT molecular complexity index is 844. The first kappa shape index (κ1) is 21.6. The van der Waals surface area contributed by atoms with E-state index in [2.05, 4.69) is 18.8 Å². The van der Waals surface area contributed by atoms with E-state index < -0.39 is 5.60 Å². The number of hydrogen-bond donors (Lipinski definition) is 2. The van der Waals surface area contributed by atoms with Gasteiger partial charge in [-0.15, -0.1) is 0 Å². The van der Waals surface area contributed by atoms with Gasteiger partial charge >= 0.3 is 0 Å². The Labute approximate surface area is 178 Å². The zero-order valence-corrected chi connectivity index (χ0v) is 18.0. The lowest BCUT2D eigenvalue weighted by molar-refractivity contribution is -0.0648. The summed E-state index contributed by atoms with van der Waals surface area (Å²) in [5.74, 6) is 7.28. The molecule has 2 saturated carbocycles. The first-order valence-corrected chi connectivity index (χ1v) is 11.2. The highest BCUT2D eigenvalue weighted by Crippen LogP contribution is 2.64. The number of hydrogen-bond acceptors (Lipinski definition) is 4. The number of benzene rings is 1. The second-order valence-corrected chi connectivity index (χ2v) is 9.37. The predicted molar refractivity (Wildman–Crippen MR) is 113 cm³/mol. The van der Waals surface area contributed by atoms with Gasteiger partial charge in [-0.3, -0.25) is 0 Å². The fourth-order valence-electron chi connectivity index (χ4n) is 6.40. The fraction of sp³-hybridized carbons (Fsp3) is 0.680. The minimum Gasteiger partial charge on any atom is -0.488 e. The predicted octanol–water partition coefficient (Wildman–Crippen LogP) is 3.82. The van der Waals surface area contributed by atoms with Crippen LogP contribution < -0.4 is 4.74 Å². The normalized spacial score (nSPS) is 34.4. The molecule has 30 heavy (non-hydrogen) atoms. The molecule has 0 bridgehead atoms. The molecule has 4 nitrogen and oxygen atoms in total. The molecule has 3 aliphatic rings. The van der Waals surface area contributed by atoms with Gasteiger partial charge in [0.05, 0.1) is 13.2 Å². The quantitative estimate of drug-likeness (QED) is 0.566. The lowest BCUT2D eigenvalue weighted by Gasteiger charge is -2.52. The van der Waals surface area contributed by atoms with Crippen molar-refractivity contribution in [1.82, 2.24) is 0 Å². The van der Waals surface area contributed by atoms with Crippen molar-refractivity contribution >= 4 is 0 Å². The fourth-order valence-corrected chi connectivity index (χ4v) is 6.40. The Balaban J connectivity index is 1.57. The SMILES string of the molecule is COCCOc1cc2c(cc1F)C1CC[C@@]3(C)C(CC[C@@]3(O)C#CCCO)C1CC2. The van der Waals surface area contributed by atoms with Crippen LogP contribution in [0.1, 0.15) is 62.5 Å². The van der Waals surface area contributed by atoms with E-state index in [0.29, 0.717) is 49.6 Å². The van der Waals surface area contributed by atoms with Crippen molar-refractivity contribution in [3.63, 3.8) is 0 Å². The van der Waals surface area contributed by atoms with E-state index in [-0.39, 0.29) is 17.8 Å². The Morgan fingerprint density at radius 2 is 2.03 bits per heavy atom. The minimum atomic E-state index is -0.984. The third-order valence-electron chi connectivity index (χ3n) is 8.01. The molecular formula is C25H33FO4. The molecule has 164 valence electrons. The molecule has 3 aliphatic carbocycles. The van der Waals surface area contributed by atoms with Gasteiger partial charge in [0.25, 0.3) is 0 Å². The summed E-state index contributed by atoms with van der Waals surface area (Å²) in [6.45, 7) is 2.99. The van der Waals surface area contributed by atoms with Crippen LogP contribution in [-0.2, 0) is 11.2 Å². The number of halogens is 1. The molecule has 5 heteroatoms. The summed E-state index contributed by atoms with van der Waals surface area (Å²) in [7, 11) is 1.60. The Kier molecular flexibility index (Phi) is 6.12. The van der Waals surface area contributed by atoms with Crippen molar-refractivity contribution in [2.75, 3.05) is 26.9 Å². The summed E-state index contributed by atoms with van der Waals surface area (Å²) in [5, 5.41) is 20.4. The number of aliphatic hydroxyl groups excluding tert-OH is 1. The Morgan fingerprint density at radius 1 is 1.20 bits per heavy atom. The monoisotopic (exact) mass is 416 g/mol. The number of methoxy groups -OCH3 is 1. The van der Waals surface area contributed by atoms with Crippen molar-refractivity contribution in [3.05, 3.63) is 29.1 Å². The number of fused-ring (bicyclic) bond motifs is 5. The molecule has 0 saturated heterocycles. The van der Waals surface area contributed by atoms with Gasteiger partial charge in [-0.05, 0) is 79.5 Å². The molecule has 2 fully saturated rings. The highest BCUT2D eigenvalue weighted by Gasteiger charge is 2.61. The van der Waals surface area contributed by atoms with Gasteiger partial charge in [-0.25, -0.2) is 4.39 Å². The molecule has 4 rings (SSSR count). The number of aliphatic hydroxyl groups is 2. The summed E-state index contributed by atoms with van der Waals surface area (Å²) < 4.78 is 25.3.